The molecule has 0 N–H and O–H groups in total. The van der Waals surface area contributed by atoms with Gasteiger partial charge in [0.1, 0.15) is 0 Å². The van der Waals surface area contributed by atoms with E-state index in [2.05, 4.69) is 40.4 Å². The van der Waals surface area contributed by atoms with Crippen molar-refractivity contribution in [1.29, 1.82) is 0 Å². The van der Waals surface area contributed by atoms with Crippen LogP contribution in [-0.4, -0.2) is 20.3 Å². The van der Waals surface area contributed by atoms with Gasteiger partial charge in [0, 0.05) is 5.57 Å². The van der Waals surface area contributed by atoms with Crippen LogP contribution in [0.3, 0.4) is 0 Å². The summed E-state index contributed by atoms with van der Waals surface area (Å²) in [6, 6.07) is 0. The molecule has 0 spiro atoms. The van der Waals surface area contributed by atoms with Gasteiger partial charge < -0.3 is 4.74 Å². The molecule has 20 heavy (non-hydrogen) atoms. The first-order valence-corrected chi connectivity index (χ1v) is 11.1. The maximum absolute atomic E-state index is 11.7. The summed E-state index contributed by atoms with van der Waals surface area (Å²) in [6.07, 6.45) is 4.68. The molecule has 3 saturated carbocycles. The van der Waals surface area contributed by atoms with E-state index in [-0.39, 0.29) is 5.97 Å². The smallest absolute Gasteiger partial charge is 0.332 e. The first kappa shape index (κ1) is 15.8. The van der Waals surface area contributed by atoms with Crippen LogP contribution in [-0.2, 0) is 9.53 Å². The number of fused-ring (bicyclic) bond motifs is 2. The molecule has 0 aromatic carbocycles. The summed E-state index contributed by atoms with van der Waals surface area (Å²) in [4.78, 5) is 11.7. The van der Waals surface area contributed by atoms with Crippen LogP contribution in [0.5, 0.6) is 0 Å². The molecular weight excluding hydrogens is 264 g/mol. The summed E-state index contributed by atoms with van der Waals surface area (Å²) in [5.41, 5.74) is 0.989. The maximum Gasteiger partial charge on any atom is 0.332 e. The van der Waals surface area contributed by atoms with Gasteiger partial charge in [-0.1, -0.05) is 40.4 Å². The van der Waals surface area contributed by atoms with Crippen LogP contribution in [0.4, 0.5) is 0 Å². The molecule has 3 fully saturated rings. The second kappa shape index (κ2) is 4.72. The molecule has 3 heteroatoms. The van der Waals surface area contributed by atoms with Crippen molar-refractivity contribution in [1.82, 2.24) is 0 Å². The largest absolute Gasteiger partial charge is 0.466 e. The second-order valence-electron chi connectivity index (χ2n) is 8.50. The molecule has 0 aromatic rings. The van der Waals surface area contributed by atoms with Crippen LogP contribution in [0.15, 0.2) is 12.2 Å². The van der Waals surface area contributed by atoms with Gasteiger partial charge in [-0.2, -0.15) is 0 Å². The van der Waals surface area contributed by atoms with Gasteiger partial charge in [-0.15, -0.1) is 0 Å². The van der Waals surface area contributed by atoms with Crippen LogP contribution in [0, 0.1) is 17.3 Å². The van der Waals surface area contributed by atoms with E-state index in [0.29, 0.717) is 22.3 Å². The lowest BCUT2D eigenvalue weighted by molar-refractivity contribution is -0.137. The highest BCUT2D eigenvalue weighted by atomic mass is 28.3. The minimum absolute atomic E-state index is 0.226. The molecule has 114 valence electrons. The van der Waals surface area contributed by atoms with E-state index in [9.17, 15) is 4.79 Å². The highest BCUT2D eigenvalue weighted by molar-refractivity contribution is 6.80. The number of rotatable bonds is 4. The predicted molar refractivity (Wildman–Crippen MR) is 86.2 cm³/mol. The van der Waals surface area contributed by atoms with E-state index in [1.54, 1.807) is 6.92 Å². The average Bonchev–Trinajstić information content (AvgIpc) is 2.35. The van der Waals surface area contributed by atoms with Crippen LogP contribution < -0.4 is 0 Å². The van der Waals surface area contributed by atoms with Gasteiger partial charge in [0.25, 0.3) is 0 Å². The lowest BCUT2D eigenvalue weighted by Crippen LogP contribution is -2.62. The lowest BCUT2D eigenvalue weighted by Gasteiger charge is -2.68. The zero-order valence-electron chi connectivity index (χ0n) is 14.0. The summed E-state index contributed by atoms with van der Waals surface area (Å²) < 4.78 is 5.54. The molecule has 3 aliphatic carbocycles. The Balaban J connectivity index is 2.12. The molecule has 0 saturated heterocycles. The first-order chi connectivity index (χ1) is 9.02. The highest BCUT2D eigenvalue weighted by Gasteiger charge is 2.63. The van der Waals surface area contributed by atoms with Crippen LogP contribution >= 0.6 is 0 Å². The predicted octanol–water partition coefficient (Wildman–Crippen LogP) is 4.57. The first-order valence-electron chi connectivity index (χ1n) is 7.85. The Hall–Kier alpha value is -0.573. The minimum atomic E-state index is -1.63. The Kier molecular flexibility index (Phi) is 3.73. The number of hydrogen-bond donors (Lipinski definition) is 0. The standard InChI is InChI=1S/C17H30O2Si/c1-12(2)15(18)19-11-20(6,7)17(5)9-8-13-10-14(17)16(13,3)4/h13-14H,1,8-11H2,2-7H3. The number of carbonyl (C=O) groups excluding carboxylic acids is 1. The van der Waals surface area contributed by atoms with Crippen LogP contribution in [0.2, 0.25) is 18.1 Å². The van der Waals surface area contributed by atoms with Gasteiger partial charge in [0.15, 0.2) is 0 Å². The fourth-order valence-corrected chi connectivity index (χ4v) is 7.66. The average molecular weight is 295 g/mol. The Morgan fingerprint density at radius 3 is 2.40 bits per heavy atom. The minimum Gasteiger partial charge on any atom is -0.466 e. The molecule has 3 aliphatic rings. The summed E-state index contributed by atoms with van der Waals surface area (Å²) in [7, 11) is -1.63. The van der Waals surface area contributed by atoms with Gasteiger partial charge >= 0.3 is 5.97 Å². The summed E-state index contributed by atoms with van der Waals surface area (Å²) in [5, 5.41) is 0.389. The molecule has 0 radical (unpaired) electrons. The van der Waals surface area contributed by atoms with Crippen molar-refractivity contribution >= 4 is 14.0 Å². The van der Waals surface area contributed by atoms with Gasteiger partial charge in [0.2, 0.25) is 0 Å². The van der Waals surface area contributed by atoms with E-state index in [1.165, 1.54) is 19.3 Å². The molecule has 3 atom stereocenters. The van der Waals surface area contributed by atoms with Crippen LogP contribution in [0.25, 0.3) is 0 Å². The van der Waals surface area contributed by atoms with Crippen molar-refractivity contribution in [3.63, 3.8) is 0 Å². The molecule has 3 rings (SSSR count). The van der Waals surface area contributed by atoms with Crippen molar-refractivity contribution in [2.24, 2.45) is 17.3 Å². The third-order valence-corrected chi connectivity index (χ3v) is 11.3. The number of ether oxygens (including phenoxy) is 1. The SMILES string of the molecule is C=C(C)C(=O)OC[Si](C)(C)C1(C)CCC2CC1C2(C)C. The van der Waals surface area contributed by atoms with E-state index < -0.39 is 8.07 Å². The van der Waals surface area contributed by atoms with Crippen LogP contribution in [0.1, 0.15) is 47.0 Å². The molecule has 0 heterocycles. The highest BCUT2D eigenvalue weighted by Crippen LogP contribution is 2.71. The van der Waals surface area contributed by atoms with E-state index in [0.717, 1.165) is 11.8 Å². The molecule has 0 aromatic heterocycles. The van der Waals surface area contributed by atoms with E-state index in [4.69, 9.17) is 4.74 Å². The Bertz CT molecular complexity index is 436. The third kappa shape index (κ3) is 2.18. The number of hydrogen-bond acceptors (Lipinski definition) is 2. The van der Waals surface area contributed by atoms with Crippen molar-refractivity contribution in [3.05, 3.63) is 12.2 Å². The molecule has 3 unspecified atom stereocenters. The topological polar surface area (TPSA) is 26.3 Å². The zero-order valence-corrected chi connectivity index (χ0v) is 15.0. The molecule has 2 nitrogen and oxygen atoms in total. The summed E-state index contributed by atoms with van der Waals surface area (Å²) >= 11 is 0. The molecule has 2 bridgehead atoms. The third-order valence-electron chi connectivity index (χ3n) is 6.71. The quantitative estimate of drug-likeness (QED) is 0.431. The maximum atomic E-state index is 11.7. The molecule has 0 aliphatic heterocycles. The fraction of sp³-hybridized carbons (Fsp3) is 0.824. The lowest BCUT2D eigenvalue weighted by atomic mass is 9.45. The summed E-state index contributed by atoms with van der Waals surface area (Å²) in [6.45, 7) is 17.5. The second-order valence-corrected chi connectivity index (χ2v) is 13.7. The van der Waals surface area contributed by atoms with E-state index in [1.807, 2.05) is 0 Å². The Labute approximate surface area is 125 Å². The molecule has 0 amide bonds. The Morgan fingerprint density at radius 1 is 1.35 bits per heavy atom. The van der Waals surface area contributed by atoms with Crippen molar-refractivity contribution in [3.8, 4) is 0 Å². The number of esters is 1. The zero-order chi connectivity index (χ0) is 15.3. The normalized spacial score (nSPS) is 35.1. The van der Waals surface area contributed by atoms with Gasteiger partial charge in [-0.3, -0.25) is 0 Å². The summed E-state index contributed by atoms with van der Waals surface area (Å²) in [5.74, 6) is 1.50. The monoisotopic (exact) mass is 294 g/mol. The number of carbonyl (C=O) groups is 1. The van der Waals surface area contributed by atoms with E-state index >= 15 is 0 Å². The molecular formula is C17H30O2Si. The Morgan fingerprint density at radius 2 is 1.95 bits per heavy atom. The van der Waals surface area contributed by atoms with Crippen molar-refractivity contribution in [2.75, 3.05) is 6.23 Å². The fourth-order valence-electron chi connectivity index (χ4n) is 4.58. The van der Waals surface area contributed by atoms with Gasteiger partial charge in [-0.05, 0) is 48.5 Å². The van der Waals surface area contributed by atoms with Gasteiger partial charge in [-0.25, -0.2) is 4.79 Å². The van der Waals surface area contributed by atoms with Crippen molar-refractivity contribution in [2.45, 2.75) is 65.1 Å². The van der Waals surface area contributed by atoms with Crippen molar-refractivity contribution < 1.29 is 9.53 Å². The van der Waals surface area contributed by atoms with Gasteiger partial charge in [0.05, 0.1) is 14.3 Å².